The van der Waals surface area contributed by atoms with E-state index in [4.69, 9.17) is 0 Å². The molecule has 0 spiro atoms. The van der Waals surface area contributed by atoms with Crippen LogP contribution in [-0.2, 0) is 6.42 Å². The second kappa shape index (κ2) is 9.12. The van der Waals surface area contributed by atoms with E-state index in [0.29, 0.717) is 0 Å². The first-order valence-corrected chi connectivity index (χ1v) is 10.2. The first kappa shape index (κ1) is 18.1. The second-order valence-corrected chi connectivity index (χ2v) is 7.65. The number of nitrogens with zero attached hydrogens (tertiary/aromatic N) is 2. The van der Waals surface area contributed by atoms with E-state index in [2.05, 4.69) is 48.1 Å². The maximum atomic E-state index is 4.56. The Labute approximate surface area is 153 Å². The van der Waals surface area contributed by atoms with Crippen LogP contribution in [0.4, 0.5) is 0 Å². The molecule has 1 heterocycles. The lowest BCUT2D eigenvalue weighted by Crippen LogP contribution is -2.13. The number of benzene rings is 1. The van der Waals surface area contributed by atoms with Gasteiger partial charge in [-0.2, -0.15) is 0 Å². The Kier molecular flexibility index (Phi) is 6.61. The first-order chi connectivity index (χ1) is 12.3. The van der Waals surface area contributed by atoms with Crippen LogP contribution in [0.5, 0.6) is 0 Å². The molecular formula is C23H32N2. The number of unbranched alkanes of at least 4 members (excludes halogenated alkanes) is 1. The molecule has 1 saturated carbocycles. The van der Waals surface area contributed by atoms with Crippen LogP contribution >= 0.6 is 0 Å². The van der Waals surface area contributed by atoms with Gasteiger partial charge in [0.05, 0.1) is 0 Å². The van der Waals surface area contributed by atoms with Crippen LogP contribution in [0.1, 0.15) is 82.3 Å². The van der Waals surface area contributed by atoms with Crippen LogP contribution in [0.3, 0.4) is 0 Å². The number of aryl methyl sites for hydroxylation is 1. The molecule has 134 valence electrons. The van der Waals surface area contributed by atoms with E-state index >= 15 is 0 Å². The molecule has 1 fully saturated rings. The molecule has 2 nitrogen and oxygen atoms in total. The maximum Gasteiger partial charge on any atom is 0.159 e. The minimum absolute atomic E-state index is 0.750. The van der Waals surface area contributed by atoms with Crippen LogP contribution < -0.4 is 0 Å². The van der Waals surface area contributed by atoms with Crippen LogP contribution in [0, 0.1) is 5.92 Å². The highest BCUT2D eigenvalue weighted by Gasteiger charge is 2.21. The van der Waals surface area contributed by atoms with Crippen molar-refractivity contribution in [3.05, 3.63) is 47.8 Å². The fraction of sp³-hybridized carbons (Fsp3) is 0.565. The third-order valence-corrected chi connectivity index (χ3v) is 5.71. The van der Waals surface area contributed by atoms with Gasteiger partial charge in [0.1, 0.15) is 0 Å². The molecule has 0 radical (unpaired) electrons. The van der Waals surface area contributed by atoms with Gasteiger partial charge < -0.3 is 0 Å². The van der Waals surface area contributed by atoms with E-state index in [9.17, 15) is 0 Å². The monoisotopic (exact) mass is 336 g/mol. The predicted octanol–water partition coefficient (Wildman–Crippen LogP) is 6.56. The molecule has 1 aliphatic carbocycles. The van der Waals surface area contributed by atoms with Crippen molar-refractivity contribution in [3.8, 4) is 11.4 Å². The average molecular weight is 337 g/mol. The van der Waals surface area contributed by atoms with Gasteiger partial charge in [-0.1, -0.05) is 57.4 Å². The molecule has 0 saturated heterocycles. The highest BCUT2D eigenvalue weighted by Crippen LogP contribution is 2.37. The van der Waals surface area contributed by atoms with Crippen LogP contribution in [0.25, 0.3) is 11.4 Å². The van der Waals surface area contributed by atoms with E-state index in [0.717, 1.165) is 29.6 Å². The minimum Gasteiger partial charge on any atom is -0.236 e. The molecule has 0 aliphatic heterocycles. The van der Waals surface area contributed by atoms with Gasteiger partial charge in [-0.05, 0) is 61.5 Å². The van der Waals surface area contributed by atoms with Crippen molar-refractivity contribution in [1.82, 2.24) is 9.97 Å². The molecule has 25 heavy (non-hydrogen) atoms. The summed E-state index contributed by atoms with van der Waals surface area (Å²) in [6.45, 7) is 4.52. The minimum atomic E-state index is 0.750. The van der Waals surface area contributed by atoms with Crippen molar-refractivity contribution in [1.29, 1.82) is 0 Å². The van der Waals surface area contributed by atoms with Crippen LogP contribution in [0.15, 0.2) is 36.7 Å². The molecule has 0 unspecified atom stereocenters. The Morgan fingerprint density at radius 3 is 2.16 bits per heavy atom. The van der Waals surface area contributed by atoms with E-state index < -0.39 is 0 Å². The lowest BCUT2D eigenvalue weighted by atomic mass is 9.77. The average Bonchev–Trinajstić information content (AvgIpc) is 2.68. The zero-order chi connectivity index (χ0) is 17.5. The van der Waals surface area contributed by atoms with Gasteiger partial charge in [0.15, 0.2) is 5.82 Å². The number of hydrogen-bond donors (Lipinski definition) is 0. The zero-order valence-electron chi connectivity index (χ0n) is 15.9. The summed E-state index contributed by atoms with van der Waals surface area (Å²) in [5, 5.41) is 0. The summed E-state index contributed by atoms with van der Waals surface area (Å²) < 4.78 is 0. The predicted molar refractivity (Wildman–Crippen MR) is 106 cm³/mol. The fourth-order valence-corrected chi connectivity index (χ4v) is 4.11. The summed E-state index contributed by atoms with van der Waals surface area (Å²) in [6, 6.07) is 9.01. The third-order valence-electron chi connectivity index (χ3n) is 5.71. The second-order valence-electron chi connectivity index (χ2n) is 7.65. The number of rotatable bonds is 7. The van der Waals surface area contributed by atoms with Gasteiger partial charge in [-0.3, -0.25) is 0 Å². The number of aromatic nitrogens is 2. The lowest BCUT2D eigenvalue weighted by Gasteiger charge is -2.28. The Bertz CT molecular complexity index is 622. The van der Waals surface area contributed by atoms with Crippen LogP contribution in [-0.4, -0.2) is 9.97 Å². The smallest absolute Gasteiger partial charge is 0.159 e. The topological polar surface area (TPSA) is 25.8 Å². The highest BCUT2D eigenvalue weighted by atomic mass is 14.9. The molecule has 2 heteroatoms. The SMILES string of the molecule is CCCCc1cnc(-c2ccc([C@H]3CC[C@H](CCC)CC3)cc2)nc1. The van der Waals surface area contributed by atoms with E-state index in [1.54, 1.807) is 0 Å². The molecule has 0 N–H and O–H groups in total. The summed E-state index contributed by atoms with van der Waals surface area (Å²) in [6.07, 6.45) is 15.7. The van der Waals surface area contributed by atoms with Crippen molar-refractivity contribution in [3.63, 3.8) is 0 Å². The van der Waals surface area contributed by atoms with Crippen molar-refractivity contribution in [2.75, 3.05) is 0 Å². The molecule has 0 atom stereocenters. The van der Waals surface area contributed by atoms with Crippen molar-refractivity contribution in [2.24, 2.45) is 5.92 Å². The van der Waals surface area contributed by atoms with Gasteiger partial charge in [0.2, 0.25) is 0 Å². The standard InChI is InChI=1S/C23H32N2/c1-3-5-7-19-16-24-23(25-17-19)22-14-12-21(13-15-22)20-10-8-18(6-4-2)9-11-20/h12-18,20H,3-11H2,1-2H3/t18-,20-. The normalized spacial score (nSPS) is 20.6. The molecule has 0 bridgehead atoms. The van der Waals surface area contributed by atoms with Crippen molar-refractivity contribution >= 4 is 0 Å². The number of hydrogen-bond acceptors (Lipinski definition) is 2. The lowest BCUT2D eigenvalue weighted by molar-refractivity contribution is 0.308. The van der Waals surface area contributed by atoms with E-state index in [1.807, 2.05) is 12.4 Å². The molecule has 2 aromatic rings. The van der Waals surface area contributed by atoms with E-state index in [-0.39, 0.29) is 0 Å². The van der Waals surface area contributed by atoms with E-state index in [1.165, 1.54) is 62.5 Å². The fourth-order valence-electron chi connectivity index (χ4n) is 4.11. The Morgan fingerprint density at radius 1 is 0.880 bits per heavy atom. The van der Waals surface area contributed by atoms with Gasteiger partial charge in [0.25, 0.3) is 0 Å². The third kappa shape index (κ3) is 4.90. The van der Waals surface area contributed by atoms with Crippen molar-refractivity contribution in [2.45, 2.75) is 77.6 Å². The van der Waals surface area contributed by atoms with Gasteiger partial charge in [-0.25, -0.2) is 9.97 Å². The summed E-state index contributed by atoms with van der Waals surface area (Å²) in [5.74, 6) is 2.57. The van der Waals surface area contributed by atoms with Crippen LogP contribution in [0.2, 0.25) is 0 Å². The Balaban J connectivity index is 1.60. The Hall–Kier alpha value is -1.70. The molecule has 3 rings (SSSR count). The summed E-state index contributed by atoms with van der Waals surface area (Å²) in [5.41, 5.74) is 3.87. The summed E-state index contributed by atoms with van der Waals surface area (Å²) in [7, 11) is 0. The molecule has 0 amide bonds. The highest BCUT2D eigenvalue weighted by molar-refractivity contribution is 5.55. The summed E-state index contributed by atoms with van der Waals surface area (Å²) >= 11 is 0. The first-order valence-electron chi connectivity index (χ1n) is 10.2. The van der Waals surface area contributed by atoms with Gasteiger partial charge >= 0.3 is 0 Å². The zero-order valence-corrected chi connectivity index (χ0v) is 15.9. The molecule has 1 aliphatic rings. The molecule has 1 aromatic heterocycles. The van der Waals surface area contributed by atoms with Gasteiger partial charge in [-0.15, -0.1) is 0 Å². The van der Waals surface area contributed by atoms with Crippen molar-refractivity contribution < 1.29 is 0 Å². The largest absolute Gasteiger partial charge is 0.236 e. The maximum absolute atomic E-state index is 4.56. The molecular weight excluding hydrogens is 304 g/mol. The summed E-state index contributed by atoms with van der Waals surface area (Å²) in [4.78, 5) is 9.13. The molecule has 1 aromatic carbocycles. The Morgan fingerprint density at radius 2 is 1.56 bits per heavy atom. The quantitative estimate of drug-likeness (QED) is 0.572. The van der Waals surface area contributed by atoms with Gasteiger partial charge in [0, 0.05) is 18.0 Å².